The Morgan fingerprint density at radius 2 is 1.83 bits per heavy atom. The highest BCUT2D eigenvalue weighted by molar-refractivity contribution is 6.30. The number of nitrogens with two attached hydrogens (primary N) is 1. The van der Waals surface area contributed by atoms with Gasteiger partial charge in [-0.2, -0.15) is 10.5 Å². The third-order valence-corrected chi connectivity index (χ3v) is 6.13. The Balaban J connectivity index is 2.03. The molecule has 3 aliphatic rings. The number of ether oxygens (including phenoxy) is 2. The maximum atomic E-state index is 10.2. The topological polar surface area (TPSA) is 106 Å². The first-order valence-corrected chi connectivity index (χ1v) is 8.17. The van der Waals surface area contributed by atoms with Crippen LogP contribution in [0, 0.1) is 33.5 Å². The van der Waals surface area contributed by atoms with Crippen molar-refractivity contribution >= 4 is 17.4 Å². The summed E-state index contributed by atoms with van der Waals surface area (Å²) in [5.74, 6) is -1.16. The zero-order valence-electron chi connectivity index (χ0n) is 13.1. The van der Waals surface area contributed by atoms with Crippen molar-refractivity contribution in [3.05, 3.63) is 34.9 Å². The summed E-state index contributed by atoms with van der Waals surface area (Å²) < 4.78 is 11.6. The average molecular weight is 344 g/mol. The predicted molar refractivity (Wildman–Crippen MR) is 84.3 cm³/mol. The minimum Gasteiger partial charge on any atom is -0.311 e. The molecule has 1 aliphatic carbocycles. The second-order valence-electron chi connectivity index (χ2n) is 6.34. The lowest BCUT2D eigenvalue weighted by Crippen LogP contribution is -2.90. The van der Waals surface area contributed by atoms with Gasteiger partial charge >= 0.3 is 5.91 Å². The molecule has 4 rings (SSSR count). The lowest BCUT2D eigenvalue weighted by atomic mass is 9.80. The summed E-state index contributed by atoms with van der Waals surface area (Å²) in [6.07, 6.45) is 0.534. The normalized spacial score (nSPS) is 38.2. The molecule has 2 heterocycles. The number of hydrogen-bond acceptors (Lipinski definition) is 5. The van der Waals surface area contributed by atoms with Crippen molar-refractivity contribution in [1.82, 2.24) is 0 Å². The van der Waals surface area contributed by atoms with Gasteiger partial charge in [0, 0.05) is 5.02 Å². The van der Waals surface area contributed by atoms with Crippen molar-refractivity contribution in [1.29, 1.82) is 10.5 Å². The molecule has 0 aromatic heterocycles. The second-order valence-corrected chi connectivity index (χ2v) is 6.78. The van der Waals surface area contributed by atoms with Gasteiger partial charge in [-0.1, -0.05) is 30.7 Å². The molecule has 0 radical (unpaired) electrons. The second kappa shape index (κ2) is 4.49. The van der Waals surface area contributed by atoms with Crippen molar-refractivity contribution in [3.63, 3.8) is 0 Å². The van der Waals surface area contributed by atoms with Crippen LogP contribution >= 0.6 is 11.6 Å². The molecule has 0 amide bonds. The highest BCUT2D eigenvalue weighted by Crippen LogP contribution is 2.83. The first-order chi connectivity index (χ1) is 11.5. The summed E-state index contributed by atoms with van der Waals surface area (Å²) >= 11 is 6.01. The number of rotatable bonds is 2. The van der Waals surface area contributed by atoms with Crippen molar-refractivity contribution in [2.24, 2.45) is 16.6 Å². The third kappa shape index (κ3) is 1.20. The smallest absolute Gasteiger partial charge is 0.311 e. The molecule has 3 atom stereocenters. The Labute approximate surface area is 144 Å². The van der Waals surface area contributed by atoms with E-state index < -0.39 is 22.2 Å². The van der Waals surface area contributed by atoms with Gasteiger partial charge in [0.25, 0.3) is 5.84 Å². The summed E-state index contributed by atoms with van der Waals surface area (Å²) in [5.41, 5.74) is 3.77. The molecule has 1 saturated carbocycles. The standard InChI is InChI=1S/C17H15ClN4O2/c1-2-14(11-3-5-12(18)6-4-11)15(9-19)13(21)22-17(16(14,15)10-20)23-7-8-24-17/h3-6H,2,7-8H2,1H3,(H2,21,22)/p+1/t14-,15-,16+/m0/s1. The van der Waals surface area contributed by atoms with Crippen LogP contribution in [0.15, 0.2) is 24.3 Å². The minimum absolute atomic E-state index is 0.227. The van der Waals surface area contributed by atoms with Crippen molar-refractivity contribution in [3.8, 4) is 12.1 Å². The zero-order valence-corrected chi connectivity index (χ0v) is 13.9. The minimum atomic E-state index is -1.39. The van der Waals surface area contributed by atoms with Gasteiger partial charge in [-0.3, -0.25) is 5.73 Å². The van der Waals surface area contributed by atoms with Crippen LogP contribution in [0.5, 0.6) is 0 Å². The van der Waals surface area contributed by atoms with E-state index in [9.17, 15) is 10.5 Å². The Kier molecular flexibility index (Phi) is 2.88. The van der Waals surface area contributed by atoms with Crippen LogP contribution in [0.2, 0.25) is 5.02 Å². The van der Waals surface area contributed by atoms with Gasteiger partial charge < -0.3 is 9.47 Å². The fraction of sp³-hybridized carbons (Fsp3) is 0.471. The van der Waals surface area contributed by atoms with E-state index in [1.807, 2.05) is 19.1 Å². The Bertz CT molecular complexity index is 834. The summed E-state index contributed by atoms with van der Waals surface area (Å²) in [6.45, 7) is 2.62. The van der Waals surface area contributed by atoms with Gasteiger partial charge in [0.15, 0.2) is 10.8 Å². The van der Waals surface area contributed by atoms with E-state index in [4.69, 9.17) is 26.8 Å². The quantitative estimate of drug-likeness (QED) is 0.796. The summed E-state index contributed by atoms with van der Waals surface area (Å²) in [4.78, 5) is 2.96. The molecule has 1 saturated heterocycles. The molecule has 2 fully saturated rings. The fourth-order valence-electron chi connectivity index (χ4n) is 5.05. The maximum absolute atomic E-state index is 10.2. The molecule has 122 valence electrons. The molecule has 7 heteroatoms. The molecule has 2 aliphatic heterocycles. The van der Waals surface area contributed by atoms with E-state index in [2.05, 4.69) is 17.1 Å². The monoisotopic (exact) mass is 343 g/mol. The molecule has 24 heavy (non-hydrogen) atoms. The van der Waals surface area contributed by atoms with Crippen molar-refractivity contribution in [2.75, 3.05) is 13.2 Å². The van der Waals surface area contributed by atoms with E-state index in [1.165, 1.54) is 0 Å². The average Bonchev–Trinajstić information content (AvgIpc) is 2.81. The first kappa shape index (κ1) is 15.4. The number of nitrogens with one attached hydrogen (secondary N) is 1. The molecule has 0 unspecified atom stereocenters. The largest absolute Gasteiger partial charge is 0.343 e. The maximum Gasteiger partial charge on any atom is 0.343 e. The molecule has 6 nitrogen and oxygen atoms in total. The van der Waals surface area contributed by atoms with Gasteiger partial charge in [0.1, 0.15) is 0 Å². The molecule has 1 spiro atoms. The van der Waals surface area contributed by atoms with Crippen LogP contribution < -0.4 is 10.7 Å². The number of halogens is 1. The summed E-state index contributed by atoms with van der Waals surface area (Å²) in [5, 5.41) is 20.9. The van der Waals surface area contributed by atoms with Crippen LogP contribution in [-0.2, 0) is 14.9 Å². The zero-order chi connectivity index (χ0) is 17.2. The van der Waals surface area contributed by atoms with Crippen LogP contribution in [0.4, 0.5) is 0 Å². The Hall–Kier alpha value is -2.12. The van der Waals surface area contributed by atoms with Gasteiger partial charge in [-0.15, -0.1) is 0 Å². The molecular formula is C17H16ClN4O2+. The highest BCUT2D eigenvalue weighted by Gasteiger charge is 3.04. The van der Waals surface area contributed by atoms with Crippen molar-refractivity contribution in [2.45, 2.75) is 24.7 Å². The number of nitriles is 2. The van der Waals surface area contributed by atoms with E-state index in [0.29, 0.717) is 24.7 Å². The summed E-state index contributed by atoms with van der Waals surface area (Å²) in [6, 6.07) is 11.9. The lowest BCUT2D eigenvalue weighted by Gasteiger charge is -2.29. The van der Waals surface area contributed by atoms with Crippen LogP contribution in [0.25, 0.3) is 0 Å². The lowest BCUT2D eigenvalue weighted by molar-refractivity contribution is -0.677. The molecule has 1 aromatic carbocycles. The molecule has 1 aromatic rings. The number of nitrogens with zero attached hydrogens (tertiary/aromatic N) is 2. The number of benzene rings is 1. The third-order valence-electron chi connectivity index (χ3n) is 5.87. The highest BCUT2D eigenvalue weighted by atomic mass is 35.5. The molecule has 0 bridgehead atoms. The van der Waals surface area contributed by atoms with Crippen LogP contribution in [0.1, 0.15) is 18.9 Å². The summed E-state index contributed by atoms with van der Waals surface area (Å²) in [7, 11) is 0. The first-order valence-electron chi connectivity index (χ1n) is 7.79. The van der Waals surface area contributed by atoms with E-state index in [-0.39, 0.29) is 5.84 Å². The Morgan fingerprint density at radius 3 is 2.33 bits per heavy atom. The van der Waals surface area contributed by atoms with Crippen LogP contribution in [0.3, 0.4) is 0 Å². The van der Waals surface area contributed by atoms with E-state index >= 15 is 0 Å². The van der Waals surface area contributed by atoms with Crippen LogP contribution in [-0.4, -0.2) is 25.0 Å². The number of hydrogen-bond donors (Lipinski definition) is 2. The van der Waals surface area contributed by atoms with E-state index in [0.717, 1.165) is 5.56 Å². The van der Waals surface area contributed by atoms with E-state index in [1.54, 1.807) is 12.1 Å². The molecular weight excluding hydrogens is 328 g/mol. The van der Waals surface area contributed by atoms with Gasteiger partial charge in [-0.05, 0) is 24.1 Å². The van der Waals surface area contributed by atoms with Gasteiger partial charge in [0.2, 0.25) is 0 Å². The molecule has 3 N–H and O–H groups in total. The number of amidine groups is 1. The SMILES string of the molecule is CC[C@]1(c2ccc(Cl)cc2)[C@]2(C#N)C(N)=[NH+]C3(OCCO3)[C@@]21C#N. The van der Waals surface area contributed by atoms with Gasteiger partial charge in [-0.25, -0.2) is 4.99 Å². The van der Waals surface area contributed by atoms with Crippen molar-refractivity contribution < 1.29 is 14.5 Å². The number of fused-ring (bicyclic) bond motifs is 2. The van der Waals surface area contributed by atoms with Gasteiger partial charge in [0.05, 0.1) is 30.8 Å². The fourth-order valence-corrected chi connectivity index (χ4v) is 5.17. The Morgan fingerprint density at radius 1 is 1.21 bits per heavy atom. The predicted octanol–water partition coefficient (Wildman–Crippen LogP) is 0.173.